The van der Waals surface area contributed by atoms with Gasteiger partial charge in [-0.3, -0.25) is 18.6 Å². The summed E-state index contributed by atoms with van der Waals surface area (Å²) in [7, 11) is 0. The van der Waals surface area contributed by atoms with Crippen LogP contribution in [-0.2, 0) is 16.0 Å². The first-order valence-corrected chi connectivity index (χ1v) is 9.81. The topological polar surface area (TPSA) is 98.7 Å². The maximum Gasteiger partial charge on any atom is 0.261 e. The van der Waals surface area contributed by atoms with E-state index in [1.807, 2.05) is 0 Å². The fraction of sp³-hybridized carbons (Fsp3) is 0.375. The number of thiophene rings is 1. The maximum absolute atomic E-state index is 12.2. The van der Waals surface area contributed by atoms with Crippen LogP contribution >= 0.6 is 11.3 Å². The largest absolute Gasteiger partial charge is 0.506 e. The highest BCUT2D eigenvalue weighted by Crippen LogP contribution is 2.37. The van der Waals surface area contributed by atoms with E-state index < -0.39 is 11.2 Å². The normalized spacial score (nSPS) is 17.3. The van der Waals surface area contributed by atoms with Crippen molar-refractivity contribution >= 4 is 50.1 Å². The molecular formula is C16H19N3O4S2. The molecule has 7 nitrogen and oxygen atoms in total. The van der Waals surface area contributed by atoms with E-state index >= 15 is 0 Å². The van der Waals surface area contributed by atoms with E-state index in [1.54, 1.807) is 12.1 Å². The van der Waals surface area contributed by atoms with Crippen molar-refractivity contribution in [2.24, 2.45) is 5.92 Å². The van der Waals surface area contributed by atoms with Gasteiger partial charge in [0, 0.05) is 11.2 Å². The number of fused-ring (bicyclic) bond motifs is 1. The Kier molecular flexibility index (Phi) is 4.96. The van der Waals surface area contributed by atoms with Gasteiger partial charge in [0.25, 0.3) is 11.8 Å². The van der Waals surface area contributed by atoms with Crippen molar-refractivity contribution in [3.8, 4) is 5.75 Å². The van der Waals surface area contributed by atoms with Gasteiger partial charge in [0.1, 0.15) is 12.3 Å². The number of rotatable bonds is 5. The van der Waals surface area contributed by atoms with Gasteiger partial charge in [0.2, 0.25) is 11.2 Å². The van der Waals surface area contributed by atoms with Gasteiger partial charge in [-0.2, -0.15) is 0 Å². The van der Waals surface area contributed by atoms with E-state index in [4.69, 9.17) is 0 Å². The highest BCUT2D eigenvalue weighted by molar-refractivity contribution is 7.85. The summed E-state index contributed by atoms with van der Waals surface area (Å²) in [6.45, 7) is 4.72. The van der Waals surface area contributed by atoms with Crippen LogP contribution in [0.5, 0.6) is 5.75 Å². The first-order chi connectivity index (χ1) is 11.8. The second kappa shape index (κ2) is 7.01. The van der Waals surface area contributed by atoms with E-state index in [-0.39, 0.29) is 24.1 Å². The zero-order valence-electron chi connectivity index (χ0n) is 13.9. The van der Waals surface area contributed by atoms with E-state index in [9.17, 15) is 18.9 Å². The number of hydrogen-bond acceptors (Lipinski definition) is 5. The third-order valence-corrected chi connectivity index (χ3v) is 6.03. The average molecular weight is 381 g/mol. The number of carbonyl (C=O) groups excluding carboxylic acids is 2. The SMILES string of the molecule is CC(C)CCNC(=O)c1cc2cc(N3CC(=O)NS3=O)c(O)cc2s1. The number of anilines is 1. The Morgan fingerprint density at radius 1 is 1.44 bits per heavy atom. The van der Waals surface area contributed by atoms with Crippen LogP contribution < -0.4 is 14.3 Å². The van der Waals surface area contributed by atoms with Crippen LogP contribution in [0.15, 0.2) is 18.2 Å². The summed E-state index contributed by atoms with van der Waals surface area (Å²) in [6.07, 6.45) is 0.906. The fourth-order valence-corrected chi connectivity index (χ4v) is 4.41. The molecule has 2 heterocycles. The first kappa shape index (κ1) is 17.7. The minimum absolute atomic E-state index is 0.0778. The summed E-state index contributed by atoms with van der Waals surface area (Å²) in [5.74, 6) is -0.0799. The molecule has 0 spiro atoms. The van der Waals surface area contributed by atoms with Gasteiger partial charge >= 0.3 is 0 Å². The number of aromatic hydroxyl groups is 1. The van der Waals surface area contributed by atoms with Gasteiger partial charge in [-0.25, -0.2) is 4.21 Å². The number of phenols is 1. The second-order valence-corrected chi connectivity index (χ2v) is 8.47. The molecule has 1 aromatic heterocycles. The highest BCUT2D eigenvalue weighted by atomic mass is 32.2. The summed E-state index contributed by atoms with van der Waals surface area (Å²) in [4.78, 5) is 24.2. The summed E-state index contributed by atoms with van der Waals surface area (Å²) < 4.78 is 16.2. The number of hydrogen-bond donors (Lipinski definition) is 3. The van der Waals surface area contributed by atoms with E-state index in [1.165, 1.54) is 21.7 Å². The molecular weight excluding hydrogens is 362 g/mol. The molecule has 1 fully saturated rings. The quantitative estimate of drug-likeness (QED) is 0.737. The van der Waals surface area contributed by atoms with Gasteiger partial charge in [-0.15, -0.1) is 11.3 Å². The monoisotopic (exact) mass is 381 g/mol. The van der Waals surface area contributed by atoms with Crippen LogP contribution in [-0.4, -0.2) is 34.2 Å². The molecule has 1 unspecified atom stereocenters. The minimum atomic E-state index is -1.71. The molecule has 2 amide bonds. The fourth-order valence-electron chi connectivity index (χ4n) is 2.49. The summed E-state index contributed by atoms with van der Waals surface area (Å²) in [5.41, 5.74) is 0.300. The molecule has 1 saturated heterocycles. The van der Waals surface area contributed by atoms with Crippen LogP contribution in [0.25, 0.3) is 10.1 Å². The molecule has 3 N–H and O–H groups in total. The number of benzene rings is 1. The molecule has 1 aliphatic heterocycles. The van der Waals surface area contributed by atoms with Gasteiger partial charge < -0.3 is 10.4 Å². The molecule has 0 radical (unpaired) electrons. The predicted octanol–water partition coefficient (Wildman–Crippen LogP) is 1.90. The Labute approximate surface area is 151 Å². The van der Waals surface area contributed by atoms with Crippen LogP contribution in [0.4, 0.5) is 5.69 Å². The van der Waals surface area contributed by atoms with Gasteiger partial charge in [0.15, 0.2) is 0 Å². The molecule has 134 valence electrons. The molecule has 0 saturated carbocycles. The van der Waals surface area contributed by atoms with E-state index in [0.717, 1.165) is 16.5 Å². The van der Waals surface area contributed by atoms with Crippen LogP contribution in [0, 0.1) is 5.92 Å². The Bertz CT molecular complexity index is 862. The van der Waals surface area contributed by atoms with Gasteiger partial charge in [-0.05, 0) is 35.9 Å². The Morgan fingerprint density at radius 2 is 2.20 bits per heavy atom. The van der Waals surface area contributed by atoms with Crippen LogP contribution in [0.2, 0.25) is 0 Å². The Hall–Kier alpha value is -2.13. The van der Waals surface area contributed by atoms with Crippen LogP contribution in [0.3, 0.4) is 0 Å². The lowest BCUT2D eigenvalue weighted by Gasteiger charge is -2.15. The number of nitrogens with one attached hydrogen (secondary N) is 2. The molecule has 2 aromatic rings. The summed E-state index contributed by atoms with van der Waals surface area (Å²) in [6, 6.07) is 4.91. The number of carbonyl (C=O) groups is 2. The molecule has 25 heavy (non-hydrogen) atoms. The van der Waals surface area contributed by atoms with E-state index in [0.29, 0.717) is 23.0 Å². The standard InChI is InChI=1S/C16H19N3O4S2/c1-9(2)3-4-17-16(22)14-6-10-5-11(12(20)7-13(10)24-14)19-8-15(21)18-25(19)23/h5-7,9,20H,3-4,8H2,1-2H3,(H,17,22)(H,18,21). The molecule has 1 aliphatic rings. The number of nitrogens with zero attached hydrogens (tertiary/aromatic N) is 1. The van der Waals surface area contributed by atoms with Crippen molar-refractivity contribution in [2.75, 3.05) is 17.4 Å². The number of phenolic OH excluding ortho intramolecular Hbond substituents is 1. The summed E-state index contributed by atoms with van der Waals surface area (Å²) >= 11 is -0.426. The zero-order chi connectivity index (χ0) is 18.1. The van der Waals surface area contributed by atoms with Crippen molar-refractivity contribution in [3.05, 3.63) is 23.1 Å². The Balaban J connectivity index is 1.85. The average Bonchev–Trinajstić information content (AvgIpc) is 3.08. The molecule has 9 heteroatoms. The van der Waals surface area contributed by atoms with Crippen molar-refractivity contribution in [3.63, 3.8) is 0 Å². The predicted molar refractivity (Wildman–Crippen MR) is 98.9 cm³/mol. The van der Waals surface area contributed by atoms with Crippen molar-refractivity contribution in [1.29, 1.82) is 0 Å². The van der Waals surface area contributed by atoms with Crippen molar-refractivity contribution in [1.82, 2.24) is 10.0 Å². The third-order valence-electron chi connectivity index (χ3n) is 3.80. The van der Waals surface area contributed by atoms with Gasteiger partial charge in [-0.1, -0.05) is 13.8 Å². The molecule has 1 atom stereocenters. The molecule has 3 rings (SSSR count). The third kappa shape index (κ3) is 3.77. The molecule has 1 aromatic carbocycles. The van der Waals surface area contributed by atoms with Crippen molar-refractivity contribution < 1.29 is 18.9 Å². The van der Waals surface area contributed by atoms with Gasteiger partial charge in [0.05, 0.1) is 10.6 Å². The smallest absolute Gasteiger partial charge is 0.261 e. The summed E-state index contributed by atoms with van der Waals surface area (Å²) in [5, 5.41) is 13.9. The minimum Gasteiger partial charge on any atom is -0.506 e. The maximum atomic E-state index is 12.2. The molecule has 0 bridgehead atoms. The first-order valence-electron chi connectivity index (χ1n) is 7.89. The van der Waals surface area contributed by atoms with E-state index in [2.05, 4.69) is 23.9 Å². The second-order valence-electron chi connectivity index (χ2n) is 6.24. The Morgan fingerprint density at radius 3 is 2.84 bits per heavy atom. The zero-order valence-corrected chi connectivity index (χ0v) is 15.5. The molecule has 0 aliphatic carbocycles. The highest BCUT2D eigenvalue weighted by Gasteiger charge is 2.29. The van der Waals surface area contributed by atoms with Crippen LogP contribution in [0.1, 0.15) is 29.9 Å². The van der Waals surface area contributed by atoms with Crippen molar-refractivity contribution in [2.45, 2.75) is 20.3 Å². The lowest BCUT2D eigenvalue weighted by molar-refractivity contribution is -0.117. The number of amides is 2. The lowest BCUT2D eigenvalue weighted by atomic mass is 10.1. The lowest BCUT2D eigenvalue weighted by Crippen LogP contribution is -2.24.